The molecular formula is C24H36N6O4. The van der Waals surface area contributed by atoms with Crippen LogP contribution in [-0.2, 0) is 17.9 Å². The fraction of sp³-hybridized carbons (Fsp3) is 0.750. The Hall–Kier alpha value is -3.23. The van der Waals surface area contributed by atoms with Gasteiger partial charge in [0.05, 0.1) is 18.7 Å². The number of isocyanates is 1. The molecule has 0 fully saturated rings. The molecule has 1 rings (SSSR count). The minimum Gasteiger partial charge on any atom is -0.375 e. The van der Waals surface area contributed by atoms with Gasteiger partial charge < -0.3 is 4.42 Å². The first-order chi connectivity index (χ1) is 16.7. The smallest absolute Gasteiger partial charge is 0.375 e. The molecule has 34 heavy (non-hydrogen) atoms. The molecule has 0 amide bonds. The molecule has 186 valence electrons. The van der Waals surface area contributed by atoms with E-state index >= 15 is 0 Å². The summed E-state index contributed by atoms with van der Waals surface area (Å²) in [5.74, 6) is -0.700. The van der Waals surface area contributed by atoms with Crippen molar-refractivity contribution in [3.8, 4) is 12.1 Å². The van der Waals surface area contributed by atoms with Crippen LogP contribution in [0.2, 0.25) is 0 Å². The predicted octanol–water partition coefficient (Wildman–Crippen LogP) is 3.35. The quantitative estimate of drug-likeness (QED) is 0.171. The molecule has 0 N–H and O–H groups in total. The lowest BCUT2D eigenvalue weighted by Crippen LogP contribution is -2.47. The Morgan fingerprint density at radius 3 is 1.82 bits per heavy atom. The molecule has 0 aromatic carbocycles. The van der Waals surface area contributed by atoms with Crippen molar-refractivity contribution in [2.45, 2.75) is 103 Å². The summed E-state index contributed by atoms with van der Waals surface area (Å²) in [7, 11) is 0. The first-order valence-electron chi connectivity index (χ1n) is 12.3. The van der Waals surface area contributed by atoms with Crippen molar-refractivity contribution in [2.24, 2.45) is 9.98 Å². The summed E-state index contributed by atoms with van der Waals surface area (Å²) in [6.07, 6.45) is 12.5. The molecule has 0 radical (unpaired) electrons. The van der Waals surface area contributed by atoms with E-state index in [4.69, 9.17) is 14.9 Å². The van der Waals surface area contributed by atoms with Gasteiger partial charge in [-0.1, -0.05) is 38.5 Å². The van der Waals surface area contributed by atoms with Gasteiger partial charge >= 0.3 is 17.1 Å². The van der Waals surface area contributed by atoms with Crippen molar-refractivity contribution in [3.05, 3.63) is 26.7 Å². The highest BCUT2D eigenvalue weighted by molar-refractivity contribution is 5.32. The van der Waals surface area contributed by atoms with E-state index < -0.39 is 11.4 Å². The van der Waals surface area contributed by atoms with E-state index in [2.05, 4.69) is 22.1 Å². The number of nitrogens with zero attached hydrogens (tertiary/aromatic N) is 6. The number of hydrogen-bond donors (Lipinski definition) is 0. The summed E-state index contributed by atoms with van der Waals surface area (Å²) in [6, 6.07) is 4.26. The highest BCUT2D eigenvalue weighted by atomic mass is 16.4. The Kier molecular flexibility index (Phi) is 16.3. The average molecular weight is 473 g/mol. The Bertz CT molecular complexity index is 1020. The highest BCUT2D eigenvalue weighted by Crippen LogP contribution is 2.04. The van der Waals surface area contributed by atoms with E-state index in [1.54, 1.807) is 0 Å². The van der Waals surface area contributed by atoms with Crippen LogP contribution in [0.4, 0.5) is 0 Å². The monoisotopic (exact) mass is 472 g/mol. The lowest BCUT2D eigenvalue weighted by Gasteiger charge is -2.10. The molecule has 0 aliphatic carbocycles. The number of hydrogen-bond acceptors (Lipinski definition) is 8. The second-order valence-corrected chi connectivity index (χ2v) is 8.15. The third-order valence-corrected chi connectivity index (χ3v) is 5.42. The van der Waals surface area contributed by atoms with Crippen LogP contribution in [0.1, 0.15) is 89.9 Å². The first kappa shape index (κ1) is 28.8. The molecule has 0 aliphatic rings. The third-order valence-electron chi connectivity index (χ3n) is 5.42. The van der Waals surface area contributed by atoms with Crippen LogP contribution in [0.15, 0.2) is 24.0 Å². The molecule has 1 aromatic heterocycles. The number of unbranched alkanes of at least 4 members (excludes halogenated alkanes) is 11. The molecule has 0 saturated heterocycles. The lowest BCUT2D eigenvalue weighted by atomic mass is 10.1. The molecule has 1 heterocycles. The fourth-order valence-corrected chi connectivity index (χ4v) is 3.52. The van der Waals surface area contributed by atoms with Crippen molar-refractivity contribution < 1.29 is 9.21 Å². The van der Waals surface area contributed by atoms with Gasteiger partial charge in [-0.2, -0.15) is 10.5 Å². The van der Waals surface area contributed by atoms with Crippen molar-refractivity contribution >= 4 is 6.08 Å². The van der Waals surface area contributed by atoms with Crippen LogP contribution in [0.5, 0.6) is 0 Å². The second-order valence-electron chi connectivity index (χ2n) is 8.15. The second kappa shape index (κ2) is 19.3. The molecule has 10 heteroatoms. The molecule has 0 saturated carbocycles. The number of aromatic nitrogens is 2. The Balaban J connectivity index is 2.83. The lowest BCUT2D eigenvalue weighted by molar-refractivity contribution is 0.300. The van der Waals surface area contributed by atoms with Gasteiger partial charge in [0.1, 0.15) is 0 Å². The Labute approximate surface area is 200 Å². The summed E-state index contributed by atoms with van der Waals surface area (Å²) >= 11 is 0. The van der Waals surface area contributed by atoms with Gasteiger partial charge in [0.2, 0.25) is 6.08 Å². The molecular weight excluding hydrogens is 436 g/mol. The number of nitriles is 2. The minimum atomic E-state index is -0.700. The fourth-order valence-electron chi connectivity index (χ4n) is 3.52. The topological polar surface area (TPSA) is 147 Å². The molecule has 1 aromatic rings. The standard InChI is InChI=1S/C24H36N6O4/c25-15-9-3-1-5-12-18-28-22-29(19-13-7-2-4-10-16-26)23(32)30(24(33)34-22)20-14-8-6-11-17-27-21-31/h1-14,17-20H2. The molecule has 10 nitrogen and oxygen atoms in total. The van der Waals surface area contributed by atoms with E-state index in [-0.39, 0.29) is 12.2 Å². The van der Waals surface area contributed by atoms with Crippen LogP contribution in [-0.4, -0.2) is 28.3 Å². The van der Waals surface area contributed by atoms with Gasteiger partial charge in [-0.25, -0.2) is 33.5 Å². The summed E-state index contributed by atoms with van der Waals surface area (Å²) < 4.78 is 8.00. The minimum absolute atomic E-state index is 0.0621. The van der Waals surface area contributed by atoms with Crippen molar-refractivity contribution in [1.29, 1.82) is 10.5 Å². The molecule has 0 atom stereocenters. The van der Waals surface area contributed by atoms with Gasteiger partial charge in [-0.15, -0.1) is 0 Å². The summed E-state index contributed by atoms with van der Waals surface area (Å²) in [5, 5.41) is 17.2. The van der Waals surface area contributed by atoms with Crippen LogP contribution in [0.25, 0.3) is 0 Å². The molecule has 0 aliphatic heterocycles. The van der Waals surface area contributed by atoms with Crippen LogP contribution < -0.4 is 17.1 Å². The normalized spacial score (nSPS) is 11.1. The van der Waals surface area contributed by atoms with E-state index in [0.29, 0.717) is 38.9 Å². The first-order valence-corrected chi connectivity index (χ1v) is 12.3. The number of aliphatic imine (C=N–C) groups is 1. The van der Waals surface area contributed by atoms with E-state index in [9.17, 15) is 14.4 Å². The molecule has 0 unspecified atom stereocenters. The van der Waals surface area contributed by atoms with E-state index in [1.807, 2.05) is 0 Å². The van der Waals surface area contributed by atoms with E-state index in [1.165, 1.54) is 10.6 Å². The summed E-state index contributed by atoms with van der Waals surface area (Å²) in [5.41, 5.74) is -0.348. The summed E-state index contributed by atoms with van der Waals surface area (Å²) in [4.78, 5) is 43.5. The summed E-state index contributed by atoms with van der Waals surface area (Å²) in [6.45, 7) is 1.55. The van der Waals surface area contributed by atoms with Crippen LogP contribution in [0.3, 0.4) is 0 Å². The van der Waals surface area contributed by atoms with Crippen molar-refractivity contribution in [1.82, 2.24) is 9.13 Å². The SMILES string of the molecule is N#CCCCCCCN=c1oc(=O)n(CCCCCCN=C=O)c(=O)n1CCCCCCC#N. The van der Waals surface area contributed by atoms with Crippen molar-refractivity contribution in [3.63, 3.8) is 0 Å². The number of rotatable bonds is 19. The van der Waals surface area contributed by atoms with Crippen LogP contribution >= 0.6 is 0 Å². The zero-order valence-electron chi connectivity index (χ0n) is 20.0. The zero-order valence-corrected chi connectivity index (χ0v) is 20.0. The maximum Gasteiger partial charge on any atom is 0.425 e. The average Bonchev–Trinajstić information content (AvgIpc) is 2.83. The van der Waals surface area contributed by atoms with E-state index in [0.717, 1.165) is 75.2 Å². The van der Waals surface area contributed by atoms with Gasteiger partial charge in [-0.3, -0.25) is 0 Å². The largest absolute Gasteiger partial charge is 0.425 e. The molecule has 0 bridgehead atoms. The van der Waals surface area contributed by atoms with Gasteiger partial charge in [-0.05, 0) is 38.5 Å². The molecule has 0 spiro atoms. The number of carbonyl (C=O) groups excluding carboxylic acids is 1. The predicted molar refractivity (Wildman–Crippen MR) is 127 cm³/mol. The maximum absolute atomic E-state index is 13.1. The highest BCUT2D eigenvalue weighted by Gasteiger charge is 2.11. The zero-order chi connectivity index (χ0) is 24.9. The Morgan fingerprint density at radius 2 is 1.24 bits per heavy atom. The third kappa shape index (κ3) is 12.1. The van der Waals surface area contributed by atoms with Gasteiger partial charge in [0.15, 0.2) is 0 Å². The van der Waals surface area contributed by atoms with Gasteiger partial charge in [0.25, 0.3) is 0 Å². The maximum atomic E-state index is 13.1. The van der Waals surface area contributed by atoms with Gasteiger partial charge in [0, 0.05) is 32.5 Å². The van der Waals surface area contributed by atoms with Crippen molar-refractivity contribution in [2.75, 3.05) is 13.1 Å². The Morgan fingerprint density at radius 1 is 0.706 bits per heavy atom. The van der Waals surface area contributed by atoms with Crippen LogP contribution in [0, 0.1) is 22.7 Å².